The molecule has 0 aromatic carbocycles. The summed E-state index contributed by atoms with van der Waals surface area (Å²) in [5, 5.41) is 5.05. The Kier molecular flexibility index (Phi) is 7.54. The van der Waals surface area contributed by atoms with E-state index in [1.165, 1.54) is 0 Å². The fraction of sp³-hybridized carbons (Fsp3) is 0.688. The molecule has 1 saturated heterocycles. The van der Waals surface area contributed by atoms with E-state index in [-0.39, 0.29) is 6.04 Å². The van der Waals surface area contributed by atoms with E-state index in [0.29, 0.717) is 25.7 Å². The summed E-state index contributed by atoms with van der Waals surface area (Å²) in [5.41, 5.74) is 2.98. The number of imide groups is 1. The van der Waals surface area contributed by atoms with Crippen molar-refractivity contribution >= 4 is 29.7 Å². The van der Waals surface area contributed by atoms with Crippen molar-refractivity contribution in [1.29, 1.82) is 0 Å². The van der Waals surface area contributed by atoms with Crippen LogP contribution in [-0.2, 0) is 19.2 Å². The van der Waals surface area contributed by atoms with Crippen LogP contribution in [0.2, 0.25) is 0 Å². The molecule has 146 valence electrons. The Morgan fingerprint density at radius 3 is 2.12 bits per heavy atom. The normalized spacial score (nSPS) is 15.7. The maximum atomic E-state index is 12.6. The number of amides is 6. The van der Waals surface area contributed by atoms with Crippen LogP contribution in [0.5, 0.6) is 0 Å². The minimum absolute atomic E-state index is 0.236. The maximum absolute atomic E-state index is 12.6. The first kappa shape index (κ1) is 21.4. The Labute approximate surface area is 152 Å². The Bertz CT molecular complexity index is 584. The van der Waals surface area contributed by atoms with Crippen LogP contribution in [0.25, 0.3) is 0 Å². The number of carbonyl (C=O) groups excluding carboxylic acids is 5. The van der Waals surface area contributed by atoms with E-state index in [9.17, 15) is 24.0 Å². The number of hydrogen-bond donors (Lipinski definition) is 4. The van der Waals surface area contributed by atoms with Gasteiger partial charge in [-0.25, -0.2) is 4.79 Å². The second kappa shape index (κ2) is 9.16. The molecule has 0 bridgehead atoms. The van der Waals surface area contributed by atoms with Crippen LogP contribution in [0.1, 0.15) is 53.4 Å². The molecule has 0 unspecified atom stereocenters. The van der Waals surface area contributed by atoms with E-state index >= 15 is 0 Å². The third-order valence-corrected chi connectivity index (χ3v) is 3.84. The SMILES string of the molecule is CCCC1(CCC)NC(=O)N(CC(=O)NNC(=O)C(=O)NC(C)C)C1=O. The van der Waals surface area contributed by atoms with Crippen LogP contribution in [-0.4, -0.2) is 52.7 Å². The molecule has 1 rings (SSSR count). The highest BCUT2D eigenvalue weighted by molar-refractivity contribution is 6.35. The Balaban J connectivity index is 2.63. The summed E-state index contributed by atoms with van der Waals surface area (Å²) in [4.78, 5) is 60.5. The molecule has 0 atom stereocenters. The molecule has 1 heterocycles. The highest BCUT2D eigenvalue weighted by Crippen LogP contribution is 2.27. The van der Waals surface area contributed by atoms with Crippen LogP contribution < -0.4 is 21.5 Å². The summed E-state index contributed by atoms with van der Waals surface area (Å²) in [7, 11) is 0. The number of nitrogens with one attached hydrogen (secondary N) is 4. The van der Waals surface area contributed by atoms with Crippen molar-refractivity contribution in [3.8, 4) is 0 Å². The van der Waals surface area contributed by atoms with Crippen LogP contribution >= 0.6 is 0 Å². The topological polar surface area (TPSA) is 137 Å². The average Bonchev–Trinajstić information content (AvgIpc) is 2.77. The molecule has 0 aromatic rings. The molecule has 6 amide bonds. The molecule has 1 aliphatic heterocycles. The molecule has 1 aliphatic rings. The molecule has 0 aliphatic carbocycles. The van der Waals surface area contributed by atoms with Gasteiger partial charge in [0.15, 0.2) is 0 Å². The van der Waals surface area contributed by atoms with E-state index in [1.54, 1.807) is 13.8 Å². The van der Waals surface area contributed by atoms with Crippen molar-refractivity contribution in [3.63, 3.8) is 0 Å². The molecular weight excluding hydrogens is 342 g/mol. The Morgan fingerprint density at radius 2 is 1.62 bits per heavy atom. The quantitative estimate of drug-likeness (QED) is 0.274. The number of rotatable bonds is 7. The maximum Gasteiger partial charge on any atom is 0.327 e. The number of hydrogen-bond acceptors (Lipinski definition) is 5. The zero-order valence-corrected chi connectivity index (χ0v) is 15.6. The second-order valence-electron chi connectivity index (χ2n) is 6.53. The Morgan fingerprint density at radius 1 is 1.04 bits per heavy atom. The van der Waals surface area contributed by atoms with Crippen LogP contribution in [0.4, 0.5) is 4.79 Å². The summed E-state index contributed by atoms with van der Waals surface area (Å²) in [6.07, 6.45) is 2.37. The third kappa shape index (κ3) is 5.17. The number of hydrazine groups is 1. The van der Waals surface area contributed by atoms with Crippen molar-refractivity contribution in [3.05, 3.63) is 0 Å². The van der Waals surface area contributed by atoms with Gasteiger partial charge in [0.25, 0.3) is 11.8 Å². The third-order valence-electron chi connectivity index (χ3n) is 3.84. The highest BCUT2D eigenvalue weighted by Gasteiger charge is 2.50. The summed E-state index contributed by atoms with van der Waals surface area (Å²) in [6.45, 7) is 6.63. The smallest absolute Gasteiger partial charge is 0.327 e. The van der Waals surface area contributed by atoms with Crippen molar-refractivity contribution in [2.45, 2.75) is 65.0 Å². The fourth-order valence-corrected chi connectivity index (χ4v) is 2.83. The van der Waals surface area contributed by atoms with Gasteiger partial charge in [-0.2, -0.15) is 0 Å². The van der Waals surface area contributed by atoms with Gasteiger partial charge >= 0.3 is 17.8 Å². The van der Waals surface area contributed by atoms with Crippen LogP contribution in [0.3, 0.4) is 0 Å². The molecule has 4 N–H and O–H groups in total. The van der Waals surface area contributed by atoms with Gasteiger partial charge in [0.2, 0.25) is 0 Å². The lowest BCUT2D eigenvalue weighted by atomic mass is 9.88. The number of carbonyl (C=O) groups is 5. The van der Waals surface area contributed by atoms with E-state index in [4.69, 9.17) is 0 Å². The lowest BCUT2D eigenvalue weighted by molar-refractivity contribution is -0.141. The standard InChI is InChI=1S/C16H27N5O5/c1-5-7-16(8-6-2)14(25)21(15(26)18-16)9-11(22)19-20-13(24)12(23)17-10(3)4/h10H,5-9H2,1-4H3,(H,17,23)(H,18,26)(H,19,22)(H,20,24). The summed E-state index contributed by atoms with van der Waals surface area (Å²) in [5.74, 6) is -3.19. The summed E-state index contributed by atoms with van der Waals surface area (Å²) >= 11 is 0. The molecule has 0 aromatic heterocycles. The predicted molar refractivity (Wildman–Crippen MR) is 92.4 cm³/mol. The van der Waals surface area contributed by atoms with Crippen LogP contribution in [0, 0.1) is 0 Å². The molecule has 10 heteroatoms. The van der Waals surface area contributed by atoms with E-state index in [2.05, 4.69) is 10.6 Å². The molecule has 26 heavy (non-hydrogen) atoms. The molecule has 0 spiro atoms. The lowest BCUT2D eigenvalue weighted by Gasteiger charge is -2.25. The minimum Gasteiger partial charge on any atom is -0.346 e. The van der Waals surface area contributed by atoms with Crippen molar-refractivity contribution in [2.75, 3.05) is 6.54 Å². The van der Waals surface area contributed by atoms with Gasteiger partial charge in [0.05, 0.1) is 0 Å². The fourth-order valence-electron chi connectivity index (χ4n) is 2.83. The zero-order valence-electron chi connectivity index (χ0n) is 15.6. The number of urea groups is 1. The molecule has 0 saturated carbocycles. The predicted octanol–water partition coefficient (Wildman–Crippen LogP) is -0.451. The van der Waals surface area contributed by atoms with E-state index in [1.807, 2.05) is 24.7 Å². The lowest BCUT2D eigenvalue weighted by Crippen LogP contribution is -2.52. The minimum atomic E-state index is -1.05. The first-order valence-electron chi connectivity index (χ1n) is 8.70. The van der Waals surface area contributed by atoms with Crippen molar-refractivity contribution in [2.24, 2.45) is 0 Å². The van der Waals surface area contributed by atoms with Crippen molar-refractivity contribution in [1.82, 2.24) is 26.4 Å². The first-order valence-corrected chi connectivity index (χ1v) is 8.70. The average molecular weight is 369 g/mol. The van der Waals surface area contributed by atoms with Gasteiger partial charge in [-0.05, 0) is 26.7 Å². The monoisotopic (exact) mass is 369 g/mol. The van der Waals surface area contributed by atoms with E-state index in [0.717, 1.165) is 4.90 Å². The summed E-state index contributed by atoms with van der Waals surface area (Å²) in [6, 6.07) is -0.879. The molecular formula is C16H27N5O5. The van der Waals surface area contributed by atoms with Gasteiger partial charge in [-0.3, -0.25) is 34.9 Å². The number of nitrogens with zero attached hydrogens (tertiary/aromatic N) is 1. The molecule has 10 nitrogen and oxygen atoms in total. The van der Waals surface area contributed by atoms with E-state index < -0.39 is 41.7 Å². The Hall–Kier alpha value is -2.65. The van der Waals surface area contributed by atoms with Gasteiger partial charge in [0.1, 0.15) is 12.1 Å². The summed E-state index contributed by atoms with van der Waals surface area (Å²) < 4.78 is 0. The van der Waals surface area contributed by atoms with Gasteiger partial charge in [-0.15, -0.1) is 0 Å². The molecule has 0 radical (unpaired) electrons. The zero-order chi connectivity index (χ0) is 19.9. The second-order valence-corrected chi connectivity index (χ2v) is 6.53. The highest BCUT2D eigenvalue weighted by atomic mass is 16.2. The van der Waals surface area contributed by atoms with Crippen molar-refractivity contribution < 1.29 is 24.0 Å². The largest absolute Gasteiger partial charge is 0.346 e. The first-order chi connectivity index (χ1) is 12.2. The molecule has 1 fully saturated rings. The van der Waals surface area contributed by atoms with Crippen LogP contribution in [0.15, 0.2) is 0 Å². The van der Waals surface area contributed by atoms with Gasteiger partial charge < -0.3 is 10.6 Å². The van der Waals surface area contributed by atoms with Gasteiger partial charge in [0, 0.05) is 6.04 Å². The van der Waals surface area contributed by atoms with Gasteiger partial charge in [-0.1, -0.05) is 26.7 Å².